The van der Waals surface area contributed by atoms with Crippen molar-refractivity contribution in [3.05, 3.63) is 63.6 Å². The van der Waals surface area contributed by atoms with Gasteiger partial charge in [0.2, 0.25) is 5.91 Å². The second-order valence-electron chi connectivity index (χ2n) is 6.81. The van der Waals surface area contributed by atoms with Crippen LogP contribution < -0.4 is 5.32 Å². The van der Waals surface area contributed by atoms with Crippen molar-refractivity contribution in [3.63, 3.8) is 0 Å². The number of thioether (sulfide) groups is 1. The lowest BCUT2D eigenvalue weighted by atomic mass is 10.1. The highest BCUT2D eigenvalue weighted by Crippen LogP contribution is 2.23. The Morgan fingerprint density at radius 1 is 1.18 bits per heavy atom. The fraction of sp³-hybridized carbons (Fsp3) is 0.381. The fourth-order valence-corrected chi connectivity index (χ4v) is 3.89. The van der Waals surface area contributed by atoms with E-state index in [0.29, 0.717) is 29.6 Å². The van der Waals surface area contributed by atoms with E-state index < -0.39 is 0 Å². The number of benzene rings is 2. The molecule has 0 bridgehead atoms. The van der Waals surface area contributed by atoms with Gasteiger partial charge in [-0.05, 0) is 41.6 Å². The summed E-state index contributed by atoms with van der Waals surface area (Å²) in [6.07, 6.45) is 2.41. The lowest BCUT2D eigenvalue weighted by Crippen LogP contribution is -2.47. The van der Waals surface area contributed by atoms with Crippen LogP contribution in [0, 0.1) is 0 Å². The smallest absolute Gasteiger partial charge is 0.224 e. The fourth-order valence-electron chi connectivity index (χ4n) is 3.16. The number of morpholine rings is 1. The van der Waals surface area contributed by atoms with Crippen molar-refractivity contribution < 1.29 is 9.53 Å². The zero-order valence-corrected chi connectivity index (χ0v) is 18.1. The summed E-state index contributed by atoms with van der Waals surface area (Å²) >= 11 is 13.8. The van der Waals surface area contributed by atoms with E-state index in [0.717, 1.165) is 30.8 Å². The highest BCUT2D eigenvalue weighted by molar-refractivity contribution is 7.98. The molecule has 1 fully saturated rings. The van der Waals surface area contributed by atoms with E-state index in [9.17, 15) is 4.79 Å². The maximum Gasteiger partial charge on any atom is 0.224 e. The topological polar surface area (TPSA) is 41.6 Å². The zero-order valence-electron chi connectivity index (χ0n) is 15.8. The Balaban J connectivity index is 1.45. The van der Waals surface area contributed by atoms with Gasteiger partial charge in [-0.2, -0.15) is 0 Å². The third kappa shape index (κ3) is 6.39. The predicted molar refractivity (Wildman–Crippen MR) is 116 cm³/mol. The Kier molecular flexibility index (Phi) is 8.06. The van der Waals surface area contributed by atoms with Gasteiger partial charge in [0.1, 0.15) is 0 Å². The molecule has 2 aromatic carbocycles. The van der Waals surface area contributed by atoms with Crippen molar-refractivity contribution in [3.8, 4) is 0 Å². The van der Waals surface area contributed by atoms with E-state index in [1.807, 2.05) is 48.7 Å². The monoisotopic (exact) mass is 438 g/mol. The van der Waals surface area contributed by atoms with Crippen molar-refractivity contribution in [1.82, 2.24) is 10.2 Å². The van der Waals surface area contributed by atoms with Gasteiger partial charge < -0.3 is 10.1 Å². The standard InChI is InChI=1S/C21H24Cl2N2O2S/c1-28-18-5-2-15(3-6-18)11-21(26)24-12-17-14-25(8-9-27-17)13-16-4-7-19(22)20(23)10-16/h2-7,10,17H,8-9,11-14H2,1H3,(H,24,26). The van der Waals surface area contributed by atoms with Crippen LogP contribution in [0.1, 0.15) is 11.1 Å². The molecule has 1 N–H and O–H groups in total. The van der Waals surface area contributed by atoms with E-state index in [1.54, 1.807) is 11.8 Å². The molecule has 0 aromatic heterocycles. The van der Waals surface area contributed by atoms with Gasteiger partial charge in [0.15, 0.2) is 0 Å². The van der Waals surface area contributed by atoms with Crippen molar-refractivity contribution >= 4 is 40.9 Å². The van der Waals surface area contributed by atoms with E-state index in [4.69, 9.17) is 27.9 Å². The summed E-state index contributed by atoms with van der Waals surface area (Å²) in [6.45, 7) is 3.57. The normalized spacial score (nSPS) is 17.5. The molecule has 2 aromatic rings. The number of nitrogens with zero attached hydrogens (tertiary/aromatic N) is 1. The molecule has 1 heterocycles. The molecular formula is C21H24Cl2N2O2S. The molecule has 1 aliphatic rings. The van der Waals surface area contributed by atoms with Crippen LogP contribution in [0.2, 0.25) is 10.0 Å². The number of hydrogen-bond acceptors (Lipinski definition) is 4. The first-order valence-corrected chi connectivity index (χ1v) is 11.2. The van der Waals surface area contributed by atoms with Crippen molar-refractivity contribution in [2.24, 2.45) is 0 Å². The predicted octanol–water partition coefficient (Wildman–Crippen LogP) is 4.28. The van der Waals surface area contributed by atoms with Crippen LogP contribution in [-0.4, -0.2) is 49.4 Å². The average Bonchev–Trinajstić information content (AvgIpc) is 2.70. The van der Waals surface area contributed by atoms with Crippen LogP contribution in [0.25, 0.3) is 0 Å². The van der Waals surface area contributed by atoms with E-state index >= 15 is 0 Å². The lowest BCUT2D eigenvalue weighted by molar-refractivity contribution is -0.121. The summed E-state index contributed by atoms with van der Waals surface area (Å²) in [7, 11) is 0. The Hall–Kier alpha value is -1.24. The van der Waals surface area contributed by atoms with Gasteiger partial charge in [0, 0.05) is 31.1 Å². The van der Waals surface area contributed by atoms with Gasteiger partial charge >= 0.3 is 0 Å². The molecule has 1 aliphatic heterocycles. The zero-order chi connectivity index (χ0) is 19.9. The second-order valence-corrected chi connectivity index (χ2v) is 8.50. The van der Waals surface area contributed by atoms with Gasteiger partial charge in [0.25, 0.3) is 0 Å². The van der Waals surface area contributed by atoms with Gasteiger partial charge in [-0.3, -0.25) is 9.69 Å². The largest absolute Gasteiger partial charge is 0.374 e. The quantitative estimate of drug-likeness (QED) is 0.655. The molecule has 0 saturated carbocycles. The maximum atomic E-state index is 12.2. The SMILES string of the molecule is CSc1ccc(CC(=O)NCC2CN(Cc3ccc(Cl)c(Cl)c3)CCO2)cc1. The molecule has 4 nitrogen and oxygen atoms in total. The molecule has 150 valence electrons. The molecule has 0 aliphatic carbocycles. The maximum absolute atomic E-state index is 12.2. The number of halogens is 2. The first-order chi connectivity index (χ1) is 13.5. The molecule has 3 rings (SSSR count). The Bertz CT molecular complexity index is 801. The second kappa shape index (κ2) is 10.5. The molecule has 1 amide bonds. The number of nitrogens with one attached hydrogen (secondary N) is 1. The molecule has 7 heteroatoms. The van der Waals surface area contributed by atoms with Crippen molar-refractivity contribution in [2.75, 3.05) is 32.5 Å². The molecule has 0 radical (unpaired) electrons. The third-order valence-electron chi connectivity index (χ3n) is 4.66. The number of carbonyl (C=O) groups is 1. The van der Waals surface area contributed by atoms with Crippen LogP contribution >= 0.6 is 35.0 Å². The first kappa shape index (κ1) is 21.5. The summed E-state index contributed by atoms with van der Waals surface area (Å²) in [4.78, 5) is 15.7. The minimum Gasteiger partial charge on any atom is -0.374 e. The molecule has 1 unspecified atom stereocenters. The van der Waals surface area contributed by atoms with Crippen LogP contribution in [0.15, 0.2) is 47.4 Å². The Morgan fingerprint density at radius 3 is 2.64 bits per heavy atom. The summed E-state index contributed by atoms with van der Waals surface area (Å²) in [6, 6.07) is 13.8. The Morgan fingerprint density at radius 2 is 1.93 bits per heavy atom. The van der Waals surface area contributed by atoms with Gasteiger partial charge in [-0.1, -0.05) is 41.4 Å². The average molecular weight is 439 g/mol. The minimum absolute atomic E-state index is 0.0145. The summed E-state index contributed by atoms with van der Waals surface area (Å²) < 4.78 is 5.81. The van der Waals surface area contributed by atoms with E-state index in [-0.39, 0.29) is 12.0 Å². The molecule has 1 atom stereocenters. The van der Waals surface area contributed by atoms with Crippen molar-refractivity contribution in [2.45, 2.75) is 24.0 Å². The highest BCUT2D eigenvalue weighted by atomic mass is 35.5. The molecule has 28 heavy (non-hydrogen) atoms. The van der Waals surface area contributed by atoms with E-state index in [1.165, 1.54) is 4.90 Å². The van der Waals surface area contributed by atoms with E-state index in [2.05, 4.69) is 10.2 Å². The number of amides is 1. The first-order valence-electron chi connectivity index (χ1n) is 9.21. The molecule has 1 saturated heterocycles. The van der Waals surface area contributed by atoms with Gasteiger partial charge in [-0.15, -0.1) is 11.8 Å². The van der Waals surface area contributed by atoms with Crippen molar-refractivity contribution in [1.29, 1.82) is 0 Å². The summed E-state index contributed by atoms with van der Waals surface area (Å²) in [5.41, 5.74) is 2.13. The van der Waals surface area contributed by atoms with Gasteiger partial charge in [0.05, 0.1) is 29.2 Å². The molecular weight excluding hydrogens is 415 g/mol. The number of ether oxygens (including phenoxy) is 1. The van der Waals surface area contributed by atoms with Crippen LogP contribution in [-0.2, 0) is 22.5 Å². The minimum atomic E-state index is -0.0145. The Labute approximate surface area is 180 Å². The van der Waals surface area contributed by atoms with Crippen LogP contribution in [0.4, 0.5) is 0 Å². The highest BCUT2D eigenvalue weighted by Gasteiger charge is 2.21. The summed E-state index contributed by atoms with van der Waals surface area (Å²) in [5, 5.41) is 4.13. The number of carbonyl (C=O) groups excluding carboxylic acids is 1. The number of rotatable bonds is 7. The number of hydrogen-bond donors (Lipinski definition) is 1. The lowest BCUT2D eigenvalue weighted by Gasteiger charge is -2.33. The van der Waals surface area contributed by atoms with Crippen LogP contribution in [0.5, 0.6) is 0 Å². The van der Waals surface area contributed by atoms with Gasteiger partial charge in [-0.25, -0.2) is 0 Å². The van der Waals surface area contributed by atoms with Crippen LogP contribution in [0.3, 0.4) is 0 Å². The summed E-state index contributed by atoms with van der Waals surface area (Å²) in [5.74, 6) is 0.0158. The third-order valence-corrected chi connectivity index (χ3v) is 6.15. The molecule has 0 spiro atoms.